The molecule has 1 rings (SSSR count). The molecule has 0 aromatic rings. The highest BCUT2D eigenvalue weighted by Crippen LogP contribution is 2.29. The molecule has 0 aromatic heterocycles. The van der Waals surface area contributed by atoms with Gasteiger partial charge in [0.1, 0.15) is 0 Å². The van der Waals surface area contributed by atoms with Crippen molar-refractivity contribution in [1.29, 1.82) is 0 Å². The number of epoxide rings is 1. The van der Waals surface area contributed by atoms with Crippen molar-refractivity contribution in [2.45, 2.75) is 104 Å². The molecular weight excluding hydrogens is 244 g/mol. The first-order valence-corrected chi connectivity index (χ1v) is 8.83. The summed E-state index contributed by atoms with van der Waals surface area (Å²) in [6.45, 7) is 9.25. The molecule has 1 saturated heterocycles. The van der Waals surface area contributed by atoms with E-state index in [1.807, 2.05) is 0 Å². The first kappa shape index (κ1) is 17.8. The molecule has 1 aliphatic rings. The molecule has 1 heterocycles. The van der Waals surface area contributed by atoms with Gasteiger partial charge in [0.15, 0.2) is 0 Å². The van der Waals surface area contributed by atoms with E-state index in [1.165, 1.54) is 57.8 Å². The largest absolute Gasteiger partial charge is 0.369 e. The van der Waals surface area contributed by atoms with E-state index in [1.54, 1.807) is 0 Å². The average molecular weight is 280 g/mol. The van der Waals surface area contributed by atoms with E-state index in [-0.39, 0.29) is 0 Å². The standard InChI is InChI=1S/C19H36O/c1-5-14-17-18(20-17)15-12-10-8-6-7-9-11-13-16-19(2,3)4/h10,12,17-18H,5-9,11,13-16H2,1-4H3/b12-10-. The molecule has 1 aliphatic heterocycles. The summed E-state index contributed by atoms with van der Waals surface area (Å²) in [5.41, 5.74) is 0.517. The Kier molecular flexibility index (Phi) is 8.52. The Morgan fingerprint density at radius 1 is 0.900 bits per heavy atom. The van der Waals surface area contributed by atoms with Crippen molar-refractivity contribution in [2.75, 3.05) is 0 Å². The van der Waals surface area contributed by atoms with Crippen molar-refractivity contribution in [3.05, 3.63) is 12.2 Å². The summed E-state index contributed by atoms with van der Waals surface area (Å²) in [7, 11) is 0. The molecule has 0 aliphatic carbocycles. The lowest BCUT2D eigenvalue weighted by Crippen LogP contribution is -2.03. The first-order valence-electron chi connectivity index (χ1n) is 8.83. The van der Waals surface area contributed by atoms with E-state index in [0.717, 1.165) is 6.42 Å². The van der Waals surface area contributed by atoms with Crippen LogP contribution in [0.1, 0.15) is 91.9 Å². The summed E-state index contributed by atoms with van der Waals surface area (Å²) in [5, 5.41) is 0. The Bertz CT molecular complexity index is 261. The van der Waals surface area contributed by atoms with E-state index in [9.17, 15) is 0 Å². The van der Waals surface area contributed by atoms with Crippen LogP contribution in [0.4, 0.5) is 0 Å². The number of unbranched alkanes of at least 4 members (excludes halogenated alkanes) is 5. The van der Waals surface area contributed by atoms with Crippen molar-refractivity contribution in [1.82, 2.24) is 0 Å². The third-order valence-corrected chi connectivity index (χ3v) is 4.09. The van der Waals surface area contributed by atoms with Crippen LogP contribution in [-0.4, -0.2) is 12.2 Å². The molecule has 0 aromatic carbocycles. The summed E-state index contributed by atoms with van der Waals surface area (Å²) in [4.78, 5) is 0. The summed E-state index contributed by atoms with van der Waals surface area (Å²) in [6, 6.07) is 0. The van der Waals surface area contributed by atoms with Crippen LogP contribution in [0.2, 0.25) is 0 Å². The van der Waals surface area contributed by atoms with E-state index in [4.69, 9.17) is 4.74 Å². The Balaban J connectivity index is 1.81. The molecule has 20 heavy (non-hydrogen) atoms. The molecule has 1 heteroatoms. The molecule has 2 unspecified atom stereocenters. The Morgan fingerprint density at radius 3 is 2.30 bits per heavy atom. The van der Waals surface area contributed by atoms with Gasteiger partial charge in [-0.2, -0.15) is 0 Å². The molecule has 0 N–H and O–H groups in total. The van der Waals surface area contributed by atoms with Gasteiger partial charge in [0, 0.05) is 0 Å². The van der Waals surface area contributed by atoms with Crippen molar-refractivity contribution in [2.24, 2.45) is 5.41 Å². The highest BCUT2D eigenvalue weighted by atomic mass is 16.6. The van der Waals surface area contributed by atoms with Crippen LogP contribution in [0.25, 0.3) is 0 Å². The molecule has 1 fully saturated rings. The van der Waals surface area contributed by atoms with Gasteiger partial charge in [-0.15, -0.1) is 0 Å². The summed E-state index contributed by atoms with van der Waals surface area (Å²) in [6.07, 6.45) is 19.0. The fourth-order valence-corrected chi connectivity index (χ4v) is 2.72. The van der Waals surface area contributed by atoms with Crippen LogP contribution in [0.3, 0.4) is 0 Å². The second kappa shape index (κ2) is 9.60. The third kappa shape index (κ3) is 9.58. The number of allylic oxidation sites excluding steroid dienone is 1. The topological polar surface area (TPSA) is 12.5 Å². The maximum absolute atomic E-state index is 5.61. The SMILES string of the molecule is CCCC1OC1C/C=C\CCCCCCCC(C)(C)C. The Labute approximate surface area is 127 Å². The van der Waals surface area contributed by atoms with E-state index < -0.39 is 0 Å². The van der Waals surface area contributed by atoms with Gasteiger partial charge in [-0.1, -0.05) is 72.0 Å². The van der Waals surface area contributed by atoms with Crippen LogP contribution >= 0.6 is 0 Å². The van der Waals surface area contributed by atoms with Gasteiger partial charge in [-0.25, -0.2) is 0 Å². The Hall–Kier alpha value is -0.300. The average Bonchev–Trinajstić information content (AvgIpc) is 3.09. The fraction of sp³-hybridized carbons (Fsp3) is 0.895. The van der Waals surface area contributed by atoms with Gasteiger partial charge in [0.25, 0.3) is 0 Å². The predicted octanol–water partition coefficient (Wildman–Crippen LogP) is 6.28. The fourth-order valence-electron chi connectivity index (χ4n) is 2.72. The van der Waals surface area contributed by atoms with E-state index >= 15 is 0 Å². The zero-order chi connectivity index (χ0) is 14.8. The zero-order valence-electron chi connectivity index (χ0n) is 14.3. The summed E-state index contributed by atoms with van der Waals surface area (Å²) >= 11 is 0. The minimum Gasteiger partial charge on any atom is -0.369 e. The maximum atomic E-state index is 5.61. The molecule has 118 valence electrons. The van der Waals surface area contributed by atoms with Gasteiger partial charge in [-0.3, -0.25) is 0 Å². The van der Waals surface area contributed by atoms with Crippen LogP contribution in [0, 0.1) is 5.41 Å². The smallest absolute Gasteiger partial charge is 0.0876 e. The molecule has 0 bridgehead atoms. The van der Waals surface area contributed by atoms with Crippen molar-refractivity contribution < 1.29 is 4.74 Å². The second-order valence-corrected chi connectivity index (χ2v) is 7.58. The monoisotopic (exact) mass is 280 g/mol. The summed E-state index contributed by atoms with van der Waals surface area (Å²) in [5.74, 6) is 0. The lowest BCUT2D eigenvalue weighted by molar-refractivity contribution is 0.356. The number of ether oxygens (including phenoxy) is 1. The van der Waals surface area contributed by atoms with Crippen LogP contribution in [0.15, 0.2) is 12.2 Å². The predicted molar refractivity (Wildman–Crippen MR) is 89.1 cm³/mol. The highest BCUT2D eigenvalue weighted by Gasteiger charge is 2.35. The minimum absolute atomic E-state index is 0.517. The molecule has 0 saturated carbocycles. The molecule has 0 spiro atoms. The van der Waals surface area contributed by atoms with Crippen LogP contribution in [-0.2, 0) is 4.74 Å². The number of hydrogen-bond acceptors (Lipinski definition) is 1. The minimum atomic E-state index is 0.517. The van der Waals surface area contributed by atoms with Crippen molar-refractivity contribution in [3.63, 3.8) is 0 Å². The highest BCUT2D eigenvalue weighted by molar-refractivity contribution is 4.93. The number of hydrogen-bond donors (Lipinski definition) is 0. The zero-order valence-corrected chi connectivity index (χ0v) is 14.3. The van der Waals surface area contributed by atoms with Gasteiger partial charge < -0.3 is 4.74 Å². The summed E-state index contributed by atoms with van der Waals surface area (Å²) < 4.78 is 5.61. The van der Waals surface area contributed by atoms with Crippen LogP contribution in [0.5, 0.6) is 0 Å². The van der Waals surface area contributed by atoms with Crippen molar-refractivity contribution in [3.8, 4) is 0 Å². The lowest BCUT2D eigenvalue weighted by Gasteiger charge is -2.17. The first-order chi connectivity index (χ1) is 9.53. The quantitative estimate of drug-likeness (QED) is 0.246. The number of rotatable bonds is 11. The maximum Gasteiger partial charge on any atom is 0.0876 e. The van der Waals surface area contributed by atoms with Gasteiger partial charge in [-0.05, 0) is 37.5 Å². The third-order valence-electron chi connectivity index (χ3n) is 4.09. The van der Waals surface area contributed by atoms with E-state index in [0.29, 0.717) is 17.6 Å². The second-order valence-electron chi connectivity index (χ2n) is 7.58. The van der Waals surface area contributed by atoms with Crippen molar-refractivity contribution >= 4 is 0 Å². The molecule has 1 nitrogen and oxygen atoms in total. The molecular formula is C19H36O. The van der Waals surface area contributed by atoms with Crippen LogP contribution < -0.4 is 0 Å². The van der Waals surface area contributed by atoms with Gasteiger partial charge in [0.2, 0.25) is 0 Å². The van der Waals surface area contributed by atoms with E-state index in [2.05, 4.69) is 39.8 Å². The Morgan fingerprint density at radius 2 is 1.60 bits per heavy atom. The molecule has 0 amide bonds. The van der Waals surface area contributed by atoms with Gasteiger partial charge in [0.05, 0.1) is 12.2 Å². The van der Waals surface area contributed by atoms with Gasteiger partial charge >= 0.3 is 0 Å². The lowest BCUT2D eigenvalue weighted by atomic mass is 9.89. The normalized spacial score (nSPS) is 22.6. The molecule has 2 atom stereocenters. The molecule has 0 radical (unpaired) electrons.